The van der Waals surface area contributed by atoms with Gasteiger partial charge in [-0.3, -0.25) is 13.9 Å². The number of amides is 2. The molecule has 0 heterocycles. The first kappa shape index (κ1) is 33.9. The minimum Gasteiger partial charge on any atom is -0.354 e. The largest absolute Gasteiger partial charge is 0.416 e. The van der Waals surface area contributed by atoms with Gasteiger partial charge in [-0.2, -0.15) is 13.2 Å². The number of rotatable bonds is 12. The maximum Gasteiger partial charge on any atom is 0.416 e. The molecule has 3 rings (SSSR count). The molecular weight excluding hydrogens is 610 g/mol. The van der Waals surface area contributed by atoms with E-state index in [1.807, 2.05) is 13.8 Å². The molecule has 0 saturated carbocycles. The molecule has 1 unspecified atom stereocenters. The fourth-order valence-corrected chi connectivity index (χ4v) is 5.36. The number of nitrogens with zero attached hydrogens (tertiary/aromatic N) is 2. The smallest absolute Gasteiger partial charge is 0.354 e. The van der Waals surface area contributed by atoms with Crippen LogP contribution in [0, 0.1) is 11.7 Å². The van der Waals surface area contributed by atoms with Crippen LogP contribution in [0.4, 0.5) is 23.2 Å². The van der Waals surface area contributed by atoms with Gasteiger partial charge in [0.15, 0.2) is 0 Å². The molecule has 0 aliphatic rings. The van der Waals surface area contributed by atoms with E-state index in [9.17, 15) is 35.6 Å². The normalized spacial score (nSPS) is 12.6. The van der Waals surface area contributed by atoms with Crippen LogP contribution in [0.25, 0.3) is 0 Å². The standard InChI is InChI=1S/C30H32ClF4N3O4S/c1-20(2)17-36-29(40)27(15-21-7-5-4-6-8-21)37(18-22-9-12-24(32)13-10-22)28(39)19-38(43(3,41)42)26-16-23(30(33,34)35)11-14-25(26)31/h4-14,16,20,27H,15,17-19H2,1-3H3,(H,36,40). The second-order valence-electron chi connectivity index (χ2n) is 10.4. The van der Waals surface area contributed by atoms with Gasteiger partial charge in [0, 0.05) is 19.5 Å². The van der Waals surface area contributed by atoms with Crippen molar-refractivity contribution in [1.29, 1.82) is 0 Å². The Hall–Kier alpha value is -3.64. The Morgan fingerprint density at radius 1 is 0.953 bits per heavy atom. The van der Waals surface area contributed by atoms with E-state index in [4.69, 9.17) is 11.6 Å². The summed E-state index contributed by atoms with van der Waals surface area (Å²) >= 11 is 6.15. The van der Waals surface area contributed by atoms with Crippen LogP contribution in [0.15, 0.2) is 72.8 Å². The second-order valence-corrected chi connectivity index (χ2v) is 12.7. The molecule has 0 aliphatic carbocycles. The predicted molar refractivity (Wildman–Crippen MR) is 157 cm³/mol. The quantitative estimate of drug-likeness (QED) is 0.258. The average Bonchev–Trinajstić information content (AvgIpc) is 2.93. The number of halogens is 5. The molecule has 1 N–H and O–H groups in total. The lowest BCUT2D eigenvalue weighted by Gasteiger charge is -2.34. The summed E-state index contributed by atoms with van der Waals surface area (Å²) < 4.78 is 80.4. The molecule has 0 aromatic heterocycles. The summed E-state index contributed by atoms with van der Waals surface area (Å²) in [6.45, 7) is 2.88. The van der Waals surface area contributed by atoms with Gasteiger partial charge in [-0.15, -0.1) is 0 Å². The first-order chi connectivity index (χ1) is 20.1. The number of carbonyl (C=O) groups excluding carboxylic acids is 2. The maximum atomic E-state index is 14.0. The van der Waals surface area contributed by atoms with Crippen molar-refractivity contribution in [3.05, 3.63) is 100 Å². The van der Waals surface area contributed by atoms with Gasteiger partial charge in [-0.1, -0.05) is 67.9 Å². The number of sulfonamides is 1. The van der Waals surface area contributed by atoms with Gasteiger partial charge in [0.25, 0.3) is 0 Å². The van der Waals surface area contributed by atoms with Gasteiger partial charge in [0.05, 0.1) is 22.5 Å². The van der Waals surface area contributed by atoms with E-state index in [0.29, 0.717) is 27.6 Å². The summed E-state index contributed by atoms with van der Waals surface area (Å²) in [6.07, 6.45) is -4.03. The SMILES string of the molecule is CC(C)CNC(=O)C(Cc1ccccc1)N(Cc1ccc(F)cc1)C(=O)CN(c1cc(C(F)(F)F)ccc1Cl)S(C)(=O)=O. The highest BCUT2D eigenvalue weighted by Gasteiger charge is 2.36. The minimum absolute atomic E-state index is 0.0426. The third kappa shape index (κ3) is 9.69. The fraction of sp³-hybridized carbons (Fsp3) is 0.333. The number of nitrogens with one attached hydrogen (secondary N) is 1. The number of anilines is 1. The van der Waals surface area contributed by atoms with Crippen LogP contribution in [-0.4, -0.2) is 50.5 Å². The summed E-state index contributed by atoms with van der Waals surface area (Å²) in [4.78, 5) is 28.7. The van der Waals surface area contributed by atoms with Crippen LogP contribution in [-0.2, 0) is 38.8 Å². The zero-order valence-electron chi connectivity index (χ0n) is 23.7. The third-order valence-electron chi connectivity index (χ3n) is 6.44. The van der Waals surface area contributed by atoms with Crippen molar-refractivity contribution < 1.29 is 35.6 Å². The fourth-order valence-electron chi connectivity index (χ4n) is 4.24. The zero-order chi connectivity index (χ0) is 31.9. The van der Waals surface area contributed by atoms with Crippen molar-refractivity contribution in [2.75, 3.05) is 23.7 Å². The van der Waals surface area contributed by atoms with Crippen molar-refractivity contribution in [3.8, 4) is 0 Å². The monoisotopic (exact) mass is 641 g/mol. The van der Waals surface area contributed by atoms with E-state index in [2.05, 4.69) is 5.32 Å². The highest BCUT2D eigenvalue weighted by molar-refractivity contribution is 7.92. The van der Waals surface area contributed by atoms with E-state index >= 15 is 0 Å². The molecule has 0 saturated heterocycles. The highest BCUT2D eigenvalue weighted by atomic mass is 35.5. The number of hydrogen-bond acceptors (Lipinski definition) is 4. The summed E-state index contributed by atoms with van der Waals surface area (Å²) in [5.74, 6) is -1.86. The molecule has 0 radical (unpaired) electrons. The van der Waals surface area contributed by atoms with Gasteiger partial charge < -0.3 is 10.2 Å². The van der Waals surface area contributed by atoms with Crippen LogP contribution < -0.4 is 9.62 Å². The molecule has 0 fully saturated rings. The third-order valence-corrected chi connectivity index (χ3v) is 7.89. The maximum absolute atomic E-state index is 14.0. The average molecular weight is 642 g/mol. The second kappa shape index (κ2) is 14.2. The van der Waals surface area contributed by atoms with Gasteiger partial charge in [-0.05, 0) is 47.4 Å². The topological polar surface area (TPSA) is 86.8 Å². The molecular formula is C30H32ClF4N3O4S. The Morgan fingerprint density at radius 2 is 1.58 bits per heavy atom. The molecule has 2 amide bonds. The molecule has 7 nitrogen and oxygen atoms in total. The number of benzene rings is 3. The molecule has 232 valence electrons. The van der Waals surface area contributed by atoms with Crippen LogP contribution in [0.5, 0.6) is 0 Å². The minimum atomic E-state index is -4.81. The van der Waals surface area contributed by atoms with Crippen molar-refractivity contribution in [3.63, 3.8) is 0 Å². The van der Waals surface area contributed by atoms with Crippen molar-refractivity contribution in [2.45, 2.75) is 39.0 Å². The predicted octanol–water partition coefficient (Wildman–Crippen LogP) is 5.68. The van der Waals surface area contributed by atoms with Crippen molar-refractivity contribution in [1.82, 2.24) is 10.2 Å². The summed E-state index contributed by atoms with van der Waals surface area (Å²) in [5, 5.41) is 2.48. The summed E-state index contributed by atoms with van der Waals surface area (Å²) in [7, 11) is -4.35. The van der Waals surface area contributed by atoms with E-state index in [-0.39, 0.29) is 30.5 Å². The van der Waals surface area contributed by atoms with Gasteiger partial charge in [0.2, 0.25) is 21.8 Å². The summed E-state index contributed by atoms with van der Waals surface area (Å²) in [6, 6.07) is 15.0. The lowest BCUT2D eigenvalue weighted by Crippen LogP contribution is -2.53. The molecule has 3 aromatic rings. The van der Waals surface area contributed by atoms with E-state index in [1.54, 1.807) is 30.3 Å². The molecule has 0 spiro atoms. The number of hydrogen-bond donors (Lipinski definition) is 1. The summed E-state index contributed by atoms with van der Waals surface area (Å²) in [5.41, 5.74) is -0.568. The van der Waals surface area contributed by atoms with E-state index in [0.717, 1.165) is 17.2 Å². The lowest BCUT2D eigenvalue weighted by molar-refractivity contribution is -0.140. The van der Waals surface area contributed by atoms with Gasteiger partial charge in [0.1, 0.15) is 18.4 Å². The molecule has 0 aliphatic heterocycles. The Kier molecular flexibility index (Phi) is 11.2. The first-order valence-corrected chi connectivity index (χ1v) is 15.5. The molecule has 3 aromatic carbocycles. The van der Waals surface area contributed by atoms with E-state index in [1.165, 1.54) is 24.3 Å². The molecule has 0 bridgehead atoms. The van der Waals surface area contributed by atoms with Crippen LogP contribution in [0.3, 0.4) is 0 Å². The van der Waals surface area contributed by atoms with Gasteiger partial charge >= 0.3 is 6.18 Å². The first-order valence-electron chi connectivity index (χ1n) is 13.3. The van der Waals surface area contributed by atoms with Crippen molar-refractivity contribution >= 4 is 39.1 Å². The Balaban J connectivity index is 2.10. The molecule has 1 atom stereocenters. The Labute approximate surface area is 253 Å². The van der Waals surface area contributed by atoms with Crippen LogP contribution in [0.1, 0.15) is 30.5 Å². The number of alkyl halides is 3. The zero-order valence-corrected chi connectivity index (χ0v) is 25.3. The van der Waals surface area contributed by atoms with E-state index < -0.39 is 57.7 Å². The van der Waals surface area contributed by atoms with Gasteiger partial charge in [-0.25, -0.2) is 12.8 Å². The number of carbonyl (C=O) groups is 2. The van der Waals surface area contributed by atoms with Crippen LogP contribution >= 0.6 is 11.6 Å². The molecule has 43 heavy (non-hydrogen) atoms. The Bertz CT molecular complexity index is 1520. The lowest BCUT2D eigenvalue weighted by atomic mass is 10.0. The Morgan fingerprint density at radius 3 is 2.14 bits per heavy atom. The van der Waals surface area contributed by atoms with Crippen molar-refractivity contribution in [2.24, 2.45) is 5.92 Å². The highest BCUT2D eigenvalue weighted by Crippen LogP contribution is 2.36. The van der Waals surface area contributed by atoms with Crippen LogP contribution in [0.2, 0.25) is 5.02 Å². The molecule has 13 heteroatoms.